The van der Waals surface area contributed by atoms with Gasteiger partial charge in [-0.25, -0.2) is 0 Å². The summed E-state index contributed by atoms with van der Waals surface area (Å²) >= 11 is 0. The van der Waals surface area contributed by atoms with Gasteiger partial charge in [-0.1, -0.05) is 26.0 Å². The van der Waals surface area contributed by atoms with E-state index in [1.165, 1.54) is 61.0 Å². The summed E-state index contributed by atoms with van der Waals surface area (Å²) in [5.74, 6) is 3.64. The number of aromatic hydroxyl groups is 2. The lowest BCUT2D eigenvalue weighted by atomic mass is 9.44. The van der Waals surface area contributed by atoms with Crippen LogP contribution >= 0.6 is 0 Å². The van der Waals surface area contributed by atoms with Crippen LogP contribution in [0.5, 0.6) is 23.0 Å². The van der Waals surface area contributed by atoms with Crippen molar-refractivity contribution >= 4 is 0 Å². The van der Waals surface area contributed by atoms with Crippen LogP contribution in [0.15, 0.2) is 24.3 Å². The zero-order valence-corrected chi connectivity index (χ0v) is 29.7. The van der Waals surface area contributed by atoms with Crippen molar-refractivity contribution in [2.24, 2.45) is 22.7 Å². The minimum absolute atomic E-state index is 0.121. The monoisotopic (exact) mass is 682 g/mol. The predicted molar refractivity (Wildman–Crippen MR) is 188 cm³/mol. The van der Waals surface area contributed by atoms with Crippen molar-refractivity contribution in [3.8, 4) is 23.0 Å². The molecule has 50 heavy (non-hydrogen) atoms. The van der Waals surface area contributed by atoms with Gasteiger partial charge in [-0.15, -0.1) is 0 Å². The summed E-state index contributed by atoms with van der Waals surface area (Å²) in [7, 11) is 0. The van der Waals surface area contributed by atoms with Gasteiger partial charge in [-0.3, -0.25) is 9.80 Å². The number of likely N-dealkylation sites (tertiary alicyclic amines) is 2. The highest BCUT2D eigenvalue weighted by molar-refractivity contribution is 5.63. The Bertz CT molecular complexity index is 1650. The van der Waals surface area contributed by atoms with E-state index in [0.717, 1.165) is 76.3 Å². The van der Waals surface area contributed by atoms with E-state index in [2.05, 4.69) is 35.8 Å². The second-order valence-corrected chi connectivity index (χ2v) is 18.8. The highest BCUT2D eigenvalue weighted by Gasteiger charge is 2.72. The van der Waals surface area contributed by atoms with Crippen LogP contribution in [-0.4, -0.2) is 92.9 Å². The number of piperidine rings is 2. The fourth-order valence-corrected chi connectivity index (χ4v) is 13.8. The van der Waals surface area contributed by atoms with Crippen molar-refractivity contribution in [1.29, 1.82) is 0 Å². The zero-order valence-electron chi connectivity index (χ0n) is 29.7. The molecule has 4 saturated carbocycles. The Morgan fingerprint density at radius 3 is 1.44 bits per heavy atom. The number of phenolic OH excluding ortho intramolecular Hbond substituents is 2. The maximum atomic E-state index is 10.8. The average molecular weight is 683 g/mol. The van der Waals surface area contributed by atoms with Gasteiger partial charge in [0.05, 0.1) is 12.2 Å². The van der Waals surface area contributed by atoms with Gasteiger partial charge < -0.3 is 29.9 Å². The maximum Gasteiger partial charge on any atom is 0.165 e. The SMILES string of the molecule is C[C@@]12CC[C@@H](O)C3Oc4c(O)ccc5c4[C@@]31CCN(CC1CC1)C2C5.C[C@@]12CC[C@H](O)C3Oc4c(O)ccc5c4[C@@]31CCN(CC1CC1)C2C5. The predicted octanol–water partition coefficient (Wildman–Crippen LogP) is 5.18. The lowest BCUT2D eigenvalue weighted by Crippen LogP contribution is -2.72. The van der Waals surface area contributed by atoms with Crippen LogP contribution in [0, 0.1) is 22.7 Å². The van der Waals surface area contributed by atoms with E-state index >= 15 is 0 Å². The standard InChI is InChI=1S/2C21H27NO3/c2*1-20-7-6-15(24)19-21(20)8-9-22(11-12-2-3-12)16(20)10-13-4-5-14(23)18(25-19)17(13)21/h2*4-5,12,15-16,19,23-24H,2-3,6-11H2,1H3/t15-,16?,19?,20+,21+;15-,16?,19?,20-,21-/m10/s1. The van der Waals surface area contributed by atoms with Crippen LogP contribution in [0.4, 0.5) is 0 Å². The van der Waals surface area contributed by atoms with Crippen molar-refractivity contribution in [2.45, 2.75) is 138 Å². The van der Waals surface area contributed by atoms with Gasteiger partial charge >= 0.3 is 0 Å². The first-order valence-corrected chi connectivity index (χ1v) is 20.0. The van der Waals surface area contributed by atoms with Gasteiger partial charge in [0.2, 0.25) is 0 Å². The van der Waals surface area contributed by atoms with Crippen LogP contribution in [0.25, 0.3) is 0 Å². The summed E-state index contributed by atoms with van der Waals surface area (Å²) in [5.41, 5.74) is 5.14. The van der Waals surface area contributed by atoms with Crippen LogP contribution in [0.3, 0.4) is 0 Å². The molecule has 2 aromatic rings. The second kappa shape index (κ2) is 10.1. The van der Waals surface area contributed by atoms with Gasteiger partial charge in [0.15, 0.2) is 23.0 Å². The quantitative estimate of drug-likeness (QED) is 0.350. The summed E-state index contributed by atoms with van der Waals surface area (Å²) in [6, 6.07) is 8.86. The molecular formula is C42H54N2O6. The molecule has 6 aliphatic carbocycles. The Kier molecular flexibility index (Phi) is 6.28. The molecule has 0 aromatic heterocycles. The average Bonchev–Trinajstić information content (AvgIpc) is 4.02. The molecule has 2 spiro atoms. The summed E-state index contributed by atoms with van der Waals surface area (Å²) in [6.07, 6.45) is 12.2. The topological polar surface area (TPSA) is 106 Å². The fourth-order valence-electron chi connectivity index (χ4n) is 13.8. The molecular weight excluding hydrogens is 628 g/mol. The summed E-state index contributed by atoms with van der Waals surface area (Å²) in [6.45, 7) is 9.56. The lowest BCUT2D eigenvalue weighted by Gasteiger charge is -2.65. The number of hydrogen-bond acceptors (Lipinski definition) is 8. The molecule has 6 fully saturated rings. The Morgan fingerprint density at radius 2 is 1.04 bits per heavy atom. The molecule has 2 saturated heterocycles. The molecule has 268 valence electrons. The third-order valence-electron chi connectivity index (χ3n) is 16.6. The molecule has 10 aliphatic rings. The van der Waals surface area contributed by atoms with E-state index < -0.39 is 12.2 Å². The molecule has 10 atom stereocenters. The van der Waals surface area contributed by atoms with Crippen LogP contribution in [0.1, 0.15) is 100 Å². The molecule has 4 N–H and O–H groups in total. The molecule has 4 unspecified atom stereocenters. The van der Waals surface area contributed by atoms with E-state index in [9.17, 15) is 20.4 Å². The van der Waals surface area contributed by atoms with Crippen LogP contribution in [-0.2, 0) is 23.7 Å². The summed E-state index contributed by atoms with van der Waals surface area (Å²) in [5, 5.41) is 42.5. The van der Waals surface area contributed by atoms with Gasteiger partial charge in [-0.2, -0.15) is 0 Å². The number of hydrogen-bond donors (Lipinski definition) is 4. The van der Waals surface area contributed by atoms with Gasteiger partial charge in [0.25, 0.3) is 0 Å². The first-order valence-electron chi connectivity index (χ1n) is 20.0. The number of ether oxygens (including phenoxy) is 2. The highest BCUT2D eigenvalue weighted by atomic mass is 16.5. The molecule has 8 nitrogen and oxygen atoms in total. The number of rotatable bonds is 4. The van der Waals surface area contributed by atoms with E-state index in [1.54, 1.807) is 12.1 Å². The Labute approximate surface area is 295 Å². The van der Waals surface area contributed by atoms with Crippen molar-refractivity contribution < 1.29 is 29.9 Å². The summed E-state index contributed by atoms with van der Waals surface area (Å²) in [4.78, 5) is 5.51. The number of nitrogens with zero attached hydrogens (tertiary/aromatic N) is 2. The molecule has 4 aliphatic heterocycles. The second-order valence-electron chi connectivity index (χ2n) is 18.8. The van der Waals surface area contributed by atoms with Gasteiger partial charge in [0, 0.05) is 47.1 Å². The van der Waals surface area contributed by atoms with Crippen molar-refractivity contribution in [2.75, 3.05) is 26.2 Å². The van der Waals surface area contributed by atoms with Crippen molar-refractivity contribution in [1.82, 2.24) is 9.80 Å². The first kappa shape index (κ1) is 31.0. The van der Waals surface area contributed by atoms with Crippen molar-refractivity contribution in [3.63, 3.8) is 0 Å². The highest BCUT2D eigenvalue weighted by Crippen LogP contribution is 2.70. The van der Waals surface area contributed by atoms with Crippen LogP contribution < -0.4 is 9.47 Å². The molecule has 0 radical (unpaired) electrons. The molecule has 4 heterocycles. The fraction of sp³-hybridized carbons (Fsp3) is 0.714. The van der Waals surface area contributed by atoms with E-state index in [1.807, 2.05) is 0 Å². The minimum atomic E-state index is -0.429. The molecule has 8 heteroatoms. The van der Waals surface area contributed by atoms with Gasteiger partial charge in [-0.05, 0) is 136 Å². The minimum Gasteiger partial charge on any atom is -0.504 e. The lowest BCUT2D eigenvalue weighted by molar-refractivity contribution is -0.153. The number of aliphatic hydroxyl groups is 2. The smallest absolute Gasteiger partial charge is 0.165 e. The maximum absolute atomic E-state index is 10.8. The van der Waals surface area contributed by atoms with E-state index in [4.69, 9.17) is 9.47 Å². The van der Waals surface area contributed by atoms with Gasteiger partial charge in [0.1, 0.15) is 12.2 Å². The number of benzene rings is 2. The zero-order chi connectivity index (χ0) is 33.9. The number of aliphatic hydroxyl groups excluding tert-OH is 2. The van der Waals surface area contributed by atoms with E-state index in [0.29, 0.717) is 23.6 Å². The molecule has 4 bridgehead atoms. The normalized spacial score (nSPS) is 44.3. The summed E-state index contributed by atoms with van der Waals surface area (Å²) < 4.78 is 12.6. The Hall–Kier alpha value is -2.52. The number of phenols is 2. The largest absolute Gasteiger partial charge is 0.504 e. The van der Waals surface area contributed by atoms with Crippen LogP contribution in [0.2, 0.25) is 0 Å². The third-order valence-corrected chi connectivity index (χ3v) is 16.6. The molecule has 2 aromatic carbocycles. The third kappa shape index (κ3) is 3.72. The molecule has 0 amide bonds. The first-order chi connectivity index (χ1) is 24.1. The van der Waals surface area contributed by atoms with Crippen molar-refractivity contribution in [3.05, 3.63) is 46.5 Å². The Balaban J connectivity index is 0.000000120. The molecule has 12 rings (SSSR count). The Morgan fingerprint density at radius 1 is 0.620 bits per heavy atom. The van der Waals surface area contributed by atoms with E-state index in [-0.39, 0.29) is 45.4 Å².